The summed E-state index contributed by atoms with van der Waals surface area (Å²) in [6.07, 6.45) is 8.78. The summed E-state index contributed by atoms with van der Waals surface area (Å²) in [4.78, 5) is 12.3. The molecule has 3 aromatic rings. The smallest absolute Gasteiger partial charge is 0.346 e. The molecule has 0 atom stereocenters. The normalized spacial score (nSPS) is 11.4. The van der Waals surface area contributed by atoms with Gasteiger partial charge in [-0.05, 0) is 54.8 Å². The van der Waals surface area contributed by atoms with Gasteiger partial charge < -0.3 is 9.15 Å². The Labute approximate surface area is 170 Å². The first-order valence-corrected chi connectivity index (χ1v) is 10.2. The van der Waals surface area contributed by atoms with E-state index in [1.807, 2.05) is 25.1 Å². The van der Waals surface area contributed by atoms with E-state index in [0.717, 1.165) is 31.2 Å². The molecule has 2 aromatic carbocycles. The van der Waals surface area contributed by atoms with Gasteiger partial charge in [-0.1, -0.05) is 55.8 Å². The third-order valence-electron chi connectivity index (χ3n) is 4.91. The first kappa shape index (κ1) is 20.8. The number of halogens is 1. The van der Waals surface area contributed by atoms with Gasteiger partial charge >= 0.3 is 5.63 Å². The zero-order chi connectivity index (χ0) is 20.6. The maximum Gasteiger partial charge on any atom is 0.346 e. The third-order valence-corrected chi connectivity index (χ3v) is 4.91. The van der Waals surface area contributed by atoms with E-state index in [4.69, 9.17) is 9.15 Å². The number of benzene rings is 2. The van der Waals surface area contributed by atoms with Gasteiger partial charge in [0.05, 0.1) is 0 Å². The molecule has 0 radical (unpaired) electrons. The van der Waals surface area contributed by atoms with E-state index in [1.54, 1.807) is 18.2 Å². The van der Waals surface area contributed by atoms with E-state index in [9.17, 15) is 9.18 Å². The van der Waals surface area contributed by atoms with Crippen molar-refractivity contribution in [1.82, 2.24) is 0 Å². The van der Waals surface area contributed by atoms with Gasteiger partial charge in [-0.15, -0.1) is 0 Å². The zero-order valence-electron chi connectivity index (χ0n) is 17.0. The Kier molecular flexibility index (Phi) is 7.23. The Morgan fingerprint density at radius 3 is 2.55 bits per heavy atom. The van der Waals surface area contributed by atoms with Crippen molar-refractivity contribution in [2.24, 2.45) is 0 Å². The number of ether oxygens (including phenoxy) is 1. The van der Waals surface area contributed by atoms with Gasteiger partial charge in [0, 0.05) is 6.42 Å². The standard InChI is InChI=1S/C25H27FO3/c1-3-5-7-8-18-10-12-19(13-11-18)17-28-22-15-14-20-16-21(9-6-4-2)29-25(27)23(20)24(22)26/h3,5,10-16H,4,6-9,17H2,1-2H3/b5-3+. The molecule has 0 saturated heterocycles. The van der Waals surface area contributed by atoms with E-state index in [0.29, 0.717) is 17.6 Å². The number of hydrogen-bond acceptors (Lipinski definition) is 3. The minimum atomic E-state index is -0.665. The van der Waals surface area contributed by atoms with Crippen LogP contribution in [0.25, 0.3) is 10.8 Å². The van der Waals surface area contributed by atoms with Crippen LogP contribution in [0.15, 0.2) is 63.8 Å². The van der Waals surface area contributed by atoms with E-state index < -0.39 is 11.4 Å². The highest BCUT2D eigenvalue weighted by atomic mass is 19.1. The van der Waals surface area contributed by atoms with Gasteiger partial charge in [0.2, 0.25) is 0 Å². The summed E-state index contributed by atoms with van der Waals surface area (Å²) in [5, 5.41) is 0.491. The number of aryl methyl sites for hydroxylation is 2. The SMILES string of the molecule is C/C=C/CCc1ccc(COc2ccc3cc(CCCC)oc(=O)c3c2F)cc1. The fourth-order valence-corrected chi connectivity index (χ4v) is 3.24. The van der Waals surface area contributed by atoms with Crippen LogP contribution < -0.4 is 10.4 Å². The highest BCUT2D eigenvalue weighted by Gasteiger charge is 2.14. The molecule has 0 aliphatic rings. The molecule has 0 unspecified atom stereocenters. The predicted octanol–water partition coefficient (Wildman–Crippen LogP) is 6.36. The van der Waals surface area contributed by atoms with Crippen LogP contribution in [0.3, 0.4) is 0 Å². The van der Waals surface area contributed by atoms with Gasteiger partial charge in [0.1, 0.15) is 17.8 Å². The molecule has 0 aliphatic carbocycles. The molecule has 0 aliphatic heterocycles. The Morgan fingerprint density at radius 1 is 1.07 bits per heavy atom. The molecule has 0 fully saturated rings. The summed E-state index contributed by atoms with van der Waals surface area (Å²) >= 11 is 0. The number of rotatable bonds is 9. The fourth-order valence-electron chi connectivity index (χ4n) is 3.24. The number of fused-ring (bicyclic) bond motifs is 1. The van der Waals surface area contributed by atoms with E-state index >= 15 is 0 Å². The molecule has 0 spiro atoms. The summed E-state index contributed by atoms with van der Waals surface area (Å²) in [7, 11) is 0. The number of hydrogen-bond donors (Lipinski definition) is 0. The van der Waals surface area contributed by atoms with Gasteiger partial charge in [-0.3, -0.25) is 0 Å². The number of unbranched alkanes of at least 4 members (excludes halogenated alkanes) is 1. The van der Waals surface area contributed by atoms with Crippen molar-refractivity contribution in [1.29, 1.82) is 0 Å². The topological polar surface area (TPSA) is 39.4 Å². The van der Waals surface area contributed by atoms with Crippen molar-refractivity contribution in [2.45, 2.75) is 52.6 Å². The second-order valence-corrected chi connectivity index (χ2v) is 7.16. The molecule has 4 heteroatoms. The summed E-state index contributed by atoms with van der Waals surface area (Å²) in [6, 6.07) is 13.1. The van der Waals surface area contributed by atoms with Crippen LogP contribution in [-0.4, -0.2) is 0 Å². The van der Waals surface area contributed by atoms with E-state index in [2.05, 4.69) is 25.1 Å². The summed E-state index contributed by atoms with van der Waals surface area (Å²) < 4.78 is 25.8. The van der Waals surface area contributed by atoms with E-state index in [1.165, 1.54) is 5.56 Å². The van der Waals surface area contributed by atoms with Crippen LogP contribution >= 0.6 is 0 Å². The predicted molar refractivity (Wildman–Crippen MR) is 115 cm³/mol. The van der Waals surface area contributed by atoms with Gasteiger partial charge in [-0.25, -0.2) is 9.18 Å². The van der Waals surface area contributed by atoms with Crippen molar-refractivity contribution >= 4 is 10.8 Å². The molecule has 1 aromatic heterocycles. The van der Waals surface area contributed by atoms with Crippen LogP contribution in [0, 0.1) is 5.82 Å². The average Bonchev–Trinajstić information content (AvgIpc) is 2.72. The Hall–Kier alpha value is -2.88. The first-order chi connectivity index (χ1) is 14.1. The molecule has 3 nitrogen and oxygen atoms in total. The number of allylic oxidation sites excluding steroid dienone is 2. The largest absolute Gasteiger partial charge is 0.486 e. The van der Waals surface area contributed by atoms with Crippen LogP contribution in [0.2, 0.25) is 0 Å². The minimum absolute atomic E-state index is 0.0536. The second-order valence-electron chi connectivity index (χ2n) is 7.16. The van der Waals surface area contributed by atoms with Gasteiger partial charge in [0.15, 0.2) is 11.6 Å². The molecule has 0 amide bonds. The van der Waals surface area contributed by atoms with Crippen LogP contribution in [0.5, 0.6) is 5.75 Å². The lowest BCUT2D eigenvalue weighted by molar-refractivity contribution is 0.291. The highest BCUT2D eigenvalue weighted by molar-refractivity contribution is 5.83. The van der Waals surface area contributed by atoms with Crippen molar-refractivity contribution in [3.8, 4) is 5.75 Å². The zero-order valence-corrected chi connectivity index (χ0v) is 17.0. The summed E-state index contributed by atoms with van der Waals surface area (Å²) in [6.45, 7) is 4.32. The quantitative estimate of drug-likeness (QED) is 0.396. The molecule has 1 heterocycles. The molecular weight excluding hydrogens is 367 g/mol. The molecule has 0 bridgehead atoms. The molecule has 29 heavy (non-hydrogen) atoms. The van der Waals surface area contributed by atoms with Crippen LogP contribution in [0.1, 0.15) is 50.0 Å². The maximum atomic E-state index is 14.9. The van der Waals surface area contributed by atoms with Crippen LogP contribution in [0.4, 0.5) is 4.39 Å². The lowest BCUT2D eigenvalue weighted by Crippen LogP contribution is -2.06. The molecular formula is C25H27FO3. The highest BCUT2D eigenvalue weighted by Crippen LogP contribution is 2.26. The van der Waals surface area contributed by atoms with Crippen molar-refractivity contribution < 1.29 is 13.5 Å². The maximum absolute atomic E-state index is 14.9. The molecule has 0 saturated carbocycles. The van der Waals surface area contributed by atoms with Crippen molar-refractivity contribution in [3.63, 3.8) is 0 Å². The van der Waals surface area contributed by atoms with E-state index in [-0.39, 0.29) is 17.7 Å². The summed E-state index contributed by atoms with van der Waals surface area (Å²) in [5.41, 5.74) is 1.54. The van der Waals surface area contributed by atoms with Crippen molar-refractivity contribution in [3.05, 3.63) is 87.7 Å². The monoisotopic (exact) mass is 394 g/mol. The Balaban J connectivity index is 1.72. The first-order valence-electron chi connectivity index (χ1n) is 10.2. The molecule has 152 valence electrons. The van der Waals surface area contributed by atoms with Gasteiger partial charge in [-0.2, -0.15) is 0 Å². The third kappa shape index (κ3) is 5.35. The lowest BCUT2D eigenvalue weighted by Gasteiger charge is -2.10. The Morgan fingerprint density at radius 2 is 1.83 bits per heavy atom. The van der Waals surface area contributed by atoms with Crippen molar-refractivity contribution in [2.75, 3.05) is 0 Å². The fraction of sp³-hybridized carbons (Fsp3) is 0.320. The average molecular weight is 394 g/mol. The second kappa shape index (κ2) is 10.1. The van der Waals surface area contributed by atoms with Crippen LogP contribution in [-0.2, 0) is 19.4 Å². The minimum Gasteiger partial charge on any atom is -0.486 e. The molecule has 0 N–H and O–H groups in total. The van der Waals surface area contributed by atoms with Gasteiger partial charge in [0.25, 0.3) is 0 Å². The molecule has 3 rings (SSSR count). The Bertz CT molecular complexity index is 1030. The summed E-state index contributed by atoms with van der Waals surface area (Å²) in [5.74, 6) is -0.0172. The lowest BCUT2D eigenvalue weighted by atomic mass is 10.1.